The Balaban J connectivity index is 0.551. The van der Waals surface area contributed by atoms with Crippen molar-refractivity contribution in [2.45, 2.75) is 24.7 Å². The summed E-state index contributed by atoms with van der Waals surface area (Å²) in [5, 5.41) is 18.5. The molecule has 0 saturated heterocycles. The number of hydrogen-bond acceptors (Lipinski definition) is 10. The average Bonchev–Trinajstić information content (AvgIpc) is 1.61. The zero-order valence-electron chi connectivity index (χ0n) is 66.7. The van der Waals surface area contributed by atoms with Crippen LogP contribution in [-0.4, -0.2) is 29.9 Å². The number of allylic oxidation sites excluding steroid dienone is 2. The minimum Gasteiger partial charge on any atom is -0.456 e. The number of nitrogens with zero attached hydrogens (tertiary/aromatic N) is 6. The standard InChI is InChI=1S/C114H68N6O4/c1-2-19-70-62-71(47-40-65(70)18-1)66-38-43-68(44-39-66)109-115-111(74-48-52-77-72(63-74)50-60-102-104(77)93-26-9-12-33-97(93)122-102)119-113(117-109)92-59-57-86(82-23-6-8-25-84(82)92)89-30-17-37-101-107(89)96-32-15-31-90(108(96)124-101)87-55-54-76(79-20-3-4-21-80(79)87)67-41-45-69(46-42-67)110-116-112(75-49-53-78-73(64-75)51-61-103-105(78)94-27-10-13-34-98(94)123-103)120-114(118-110)91-58-56-85(81-22-5-7-24-83(81)91)88-29-16-36-100-106(88)95-28-11-14-35-99(95)121-100/h1-29,31-61,63-64,71,89H,30,62H2. The molecule has 124 heavy (non-hydrogen) atoms. The van der Waals surface area contributed by atoms with Gasteiger partial charge in [-0.1, -0.05) is 315 Å². The van der Waals surface area contributed by atoms with E-state index < -0.39 is 0 Å². The molecule has 0 aliphatic heterocycles. The van der Waals surface area contributed by atoms with Crippen LogP contribution in [0.2, 0.25) is 0 Å². The quantitative estimate of drug-likeness (QED) is 0.123. The Hall–Kier alpha value is -16.3. The second-order valence-corrected chi connectivity index (χ2v) is 32.8. The highest BCUT2D eigenvalue weighted by molar-refractivity contribution is 6.22. The van der Waals surface area contributed by atoms with Crippen molar-refractivity contribution in [2.75, 3.05) is 0 Å². The third-order valence-corrected chi connectivity index (χ3v) is 26.0. The Kier molecular flexibility index (Phi) is 15.5. The monoisotopic (exact) mass is 1580 g/mol. The average molecular weight is 1590 g/mol. The largest absolute Gasteiger partial charge is 0.456 e. The van der Waals surface area contributed by atoms with Crippen LogP contribution in [-0.2, 0) is 6.42 Å². The Morgan fingerprint density at radius 1 is 0.258 bits per heavy atom. The molecule has 26 rings (SSSR count). The summed E-state index contributed by atoms with van der Waals surface area (Å²) in [5.74, 6) is 4.59. The van der Waals surface area contributed by atoms with Gasteiger partial charge in [-0.05, 0) is 177 Å². The zero-order valence-corrected chi connectivity index (χ0v) is 66.7. The van der Waals surface area contributed by atoms with Gasteiger partial charge in [0.15, 0.2) is 34.9 Å². The van der Waals surface area contributed by atoms with E-state index in [1.54, 1.807) is 0 Å². The smallest absolute Gasteiger partial charge is 0.164 e. The molecule has 0 fully saturated rings. The lowest BCUT2D eigenvalue weighted by Crippen LogP contribution is -2.06. The number of para-hydroxylation sites is 4. The molecule has 6 aromatic heterocycles. The summed E-state index contributed by atoms with van der Waals surface area (Å²) < 4.78 is 26.3. The maximum absolute atomic E-state index is 7.22. The van der Waals surface area contributed by atoms with E-state index in [0.717, 1.165) is 216 Å². The summed E-state index contributed by atoms with van der Waals surface area (Å²) in [6.45, 7) is 0. The number of rotatable bonds is 11. The van der Waals surface area contributed by atoms with Crippen molar-refractivity contribution < 1.29 is 17.7 Å². The third-order valence-electron chi connectivity index (χ3n) is 26.0. The topological polar surface area (TPSA) is 130 Å². The van der Waals surface area contributed by atoms with Crippen LogP contribution in [0.4, 0.5) is 0 Å². The van der Waals surface area contributed by atoms with Crippen molar-refractivity contribution in [1.29, 1.82) is 0 Å². The van der Waals surface area contributed by atoms with Gasteiger partial charge in [0.05, 0.1) is 0 Å². The second-order valence-electron chi connectivity index (χ2n) is 32.8. The van der Waals surface area contributed by atoms with Gasteiger partial charge in [-0.15, -0.1) is 0 Å². The molecule has 0 radical (unpaired) electrons. The molecule has 0 amide bonds. The molecule has 10 heteroatoms. The summed E-state index contributed by atoms with van der Waals surface area (Å²) in [7, 11) is 0. The van der Waals surface area contributed by atoms with Gasteiger partial charge in [0, 0.05) is 94.0 Å². The van der Waals surface area contributed by atoms with Gasteiger partial charge in [-0.25, -0.2) is 29.9 Å². The number of fused-ring (bicyclic) bond motifs is 20. The van der Waals surface area contributed by atoms with Crippen molar-refractivity contribution in [3.8, 4) is 102 Å². The predicted molar refractivity (Wildman–Crippen MR) is 505 cm³/mol. The number of aromatic nitrogens is 6. The number of furan rings is 4. The normalized spacial score (nSPS) is 14.0. The van der Waals surface area contributed by atoms with Gasteiger partial charge in [0.2, 0.25) is 0 Å². The summed E-state index contributed by atoms with van der Waals surface area (Å²) in [4.78, 5) is 32.5. The fourth-order valence-corrected chi connectivity index (χ4v) is 20.1. The van der Waals surface area contributed by atoms with E-state index in [0.29, 0.717) is 34.9 Å². The van der Waals surface area contributed by atoms with Crippen LogP contribution < -0.4 is 0 Å². The molecule has 0 bridgehead atoms. The molecule has 2 aliphatic carbocycles. The highest BCUT2D eigenvalue weighted by Gasteiger charge is 2.31. The van der Waals surface area contributed by atoms with E-state index in [-0.39, 0.29) is 11.8 Å². The molecule has 0 saturated carbocycles. The molecule has 0 N–H and O–H groups in total. The van der Waals surface area contributed by atoms with Crippen molar-refractivity contribution in [1.82, 2.24) is 29.9 Å². The van der Waals surface area contributed by atoms with Gasteiger partial charge >= 0.3 is 0 Å². The van der Waals surface area contributed by atoms with Gasteiger partial charge in [0.1, 0.15) is 44.8 Å². The fourth-order valence-electron chi connectivity index (χ4n) is 20.1. The molecule has 0 spiro atoms. The van der Waals surface area contributed by atoms with Gasteiger partial charge in [0.25, 0.3) is 0 Å². The first kappa shape index (κ1) is 69.6. The molecule has 578 valence electrons. The minimum atomic E-state index is -0.0302. The molecule has 2 atom stereocenters. The van der Waals surface area contributed by atoms with Gasteiger partial charge in [-0.2, -0.15) is 0 Å². The maximum atomic E-state index is 7.22. The van der Waals surface area contributed by atoms with Crippen LogP contribution in [0.3, 0.4) is 0 Å². The van der Waals surface area contributed by atoms with Crippen molar-refractivity contribution in [3.05, 3.63) is 398 Å². The molecule has 18 aromatic carbocycles. The Bertz CT molecular complexity index is 8720. The van der Waals surface area contributed by atoms with Crippen LogP contribution >= 0.6 is 0 Å². The first-order valence-corrected chi connectivity index (χ1v) is 42.3. The van der Waals surface area contributed by atoms with E-state index >= 15 is 0 Å². The maximum Gasteiger partial charge on any atom is 0.164 e. The van der Waals surface area contributed by atoms with Crippen molar-refractivity contribution in [3.63, 3.8) is 0 Å². The summed E-state index contributed by atoms with van der Waals surface area (Å²) in [6.07, 6.45) is 10.8. The molecule has 10 nitrogen and oxygen atoms in total. The van der Waals surface area contributed by atoms with E-state index in [1.807, 2.05) is 36.4 Å². The Morgan fingerprint density at radius 2 is 0.685 bits per heavy atom. The highest BCUT2D eigenvalue weighted by Crippen LogP contribution is 2.50. The third kappa shape index (κ3) is 11.1. The van der Waals surface area contributed by atoms with E-state index in [9.17, 15) is 0 Å². The van der Waals surface area contributed by atoms with Crippen molar-refractivity contribution in [2.24, 2.45) is 0 Å². The van der Waals surface area contributed by atoms with E-state index in [4.69, 9.17) is 47.6 Å². The molecule has 6 heterocycles. The van der Waals surface area contributed by atoms with Crippen LogP contribution in [0.15, 0.2) is 382 Å². The van der Waals surface area contributed by atoms with Crippen LogP contribution in [0.1, 0.15) is 51.8 Å². The molecule has 24 aromatic rings. The number of hydrogen-bond donors (Lipinski definition) is 0. The molecule has 2 unspecified atom stereocenters. The first-order chi connectivity index (χ1) is 61.4. The van der Waals surface area contributed by atoms with Crippen LogP contribution in [0, 0.1) is 0 Å². The predicted octanol–water partition coefficient (Wildman–Crippen LogP) is 30.2. The van der Waals surface area contributed by atoms with E-state index in [2.05, 4.69) is 340 Å². The molecular weight excluding hydrogens is 1520 g/mol. The Labute approximate surface area is 709 Å². The highest BCUT2D eigenvalue weighted by atomic mass is 16.3. The second kappa shape index (κ2) is 27.6. The summed E-state index contributed by atoms with van der Waals surface area (Å²) >= 11 is 0. The first-order valence-electron chi connectivity index (χ1n) is 42.3. The number of benzene rings is 18. The lowest BCUT2D eigenvalue weighted by molar-refractivity contribution is 0.591. The Morgan fingerprint density at radius 3 is 1.30 bits per heavy atom. The van der Waals surface area contributed by atoms with E-state index in [1.165, 1.54) is 27.8 Å². The SMILES string of the molecule is C1=Cc2oc3c(-c4ccc(-c5ccc(-c6nc(-c7ccc8c(ccc9oc%10ccccc%10c98)c7)nc(-c7ccc(-c8cccc9oc%10ccccc%10c89)c8ccccc78)n6)cc5)c5ccccc45)cccc3c2C(c2ccc(-c3nc(-c4ccc(C5C=Cc6ccccc6C5)cc4)nc(-c4ccc5c(ccc6oc7ccccc7c65)c4)n3)c3ccccc23)C1. The molecular formula is C114H68N6O4. The van der Waals surface area contributed by atoms with Gasteiger partial charge in [-0.3, -0.25) is 0 Å². The fraction of sp³-hybridized carbons (Fsp3) is 0.0351. The van der Waals surface area contributed by atoms with Crippen LogP contribution in [0.5, 0.6) is 0 Å². The summed E-state index contributed by atoms with van der Waals surface area (Å²) in [5.41, 5.74) is 24.1. The van der Waals surface area contributed by atoms with Crippen molar-refractivity contribution >= 4 is 143 Å². The van der Waals surface area contributed by atoms with Gasteiger partial charge < -0.3 is 17.7 Å². The lowest BCUT2D eigenvalue weighted by atomic mass is 9.80. The summed E-state index contributed by atoms with van der Waals surface area (Å²) in [6, 6.07) is 125. The zero-order chi connectivity index (χ0) is 81.2. The van der Waals surface area contributed by atoms with Crippen LogP contribution in [0.25, 0.3) is 245 Å². The lowest BCUT2D eigenvalue weighted by Gasteiger charge is -2.22. The minimum absolute atomic E-state index is 0.0302. The molecule has 2 aliphatic rings.